The van der Waals surface area contributed by atoms with Crippen molar-refractivity contribution in [3.63, 3.8) is 0 Å². The number of likely N-dealkylation sites (tertiary alicyclic amines) is 1. The molecule has 18 heavy (non-hydrogen) atoms. The van der Waals surface area contributed by atoms with Gasteiger partial charge in [-0.05, 0) is 19.4 Å². The zero-order valence-corrected chi connectivity index (χ0v) is 11.6. The van der Waals surface area contributed by atoms with Crippen LogP contribution in [0.15, 0.2) is 0 Å². The van der Waals surface area contributed by atoms with Crippen LogP contribution in [-0.2, 0) is 14.3 Å². The Labute approximate surface area is 109 Å². The highest BCUT2D eigenvalue weighted by molar-refractivity contribution is 5.76. The second-order valence-corrected chi connectivity index (χ2v) is 5.65. The molecule has 0 spiro atoms. The third-order valence-corrected chi connectivity index (χ3v) is 3.98. The van der Waals surface area contributed by atoms with E-state index in [1.165, 1.54) is 0 Å². The van der Waals surface area contributed by atoms with Crippen molar-refractivity contribution >= 4 is 5.91 Å². The normalized spacial score (nSPS) is 31.6. The number of ether oxygens (including phenoxy) is 2. The van der Waals surface area contributed by atoms with E-state index in [4.69, 9.17) is 9.47 Å². The van der Waals surface area contributed by atoms with Gasteiger partial charge in [0.15, 0.2) is 0 Å². The van der Waals surface area contributed by atoms with Gasteiger partial charge in [-0.2, -0.15) is 0 Å². The Morgan fingerprint density at radius 1 is 1.44 bits per heavy atom. The van der Waals surface area contributed by atoms with Crippen molar-refractivity contribution in [2.75, 3.05) is 54.1 Å². The summed E-state index contributed by atoms with van der Waals surface area (Å²) >= 11 is 0. The van der Waals surface area contributed by atoms with Crippen molar-refractivity contribution in [2.45, 2.75) is 12.5 Å². The van der Waals surface area contributed by atoms with Gasteiger partial charge in [0.2, 0.25) is 5.91 Å². The first-order valence-electron chi connectivity index (χ1n) is 6.66. The van der Waals surface area contributed by atoms with Crippen LogP contribution in [0.3, 0.4) is 0 Å². The summed E-state index contributed by atoms with van der Waals surface area (Å²) in [6.07, 6.45) is 1.42. The number of hydrogen-bond donors (Lipinski definition) is 0. The summed E-state index contributed by atoms with van der Waals surface area (Å²) < 4.78 is 11.2. The summed E-state index contributed by atoms with van der Waals surface area (Å²) in [6.45, 7) is 3.89. The van der Waals surface area contributed by atoms with E-state index in [1.54, 1.807) is 19.0 Å². The van der Waals surface area contributed by atoms with Gasteiger partial charge in [0.05, 0.1) is 12.7 Å². The third-order valence-electron chi connectivity index (χ3n) is 3.98. The lowest BCUT2D eigenvalue weighted by Crippen LogP contribution is -2.27. The van der Waals surface area contributed by atoms with Crippen molar-refractivity contribution in [1.82, 2.24) is 9.80 Å². The first kappa shape index (κ1) is 13.8. The van der Waals surface area contributed by atoms with Crippen LogP contribution in [-0.4, -0.2) is 75.9 Å². The summed E-state index contributed by atoms with van der Waals surface area (Å²) in [5.41, 5.74) is 0. The van der Waals surface area contributed by atoms with Gasteiger partial charge in [0, 0.05) is 39.7 Å². The number of amides is 1. The largest absolute Gasteiger partial charge is 0.376 e. The summed E-state index contributed by atoms with van der Waals surface area (Å²) in [5, 5.41) is 0. The molecule has 0 aromatic heterocycles. The Morgan fingerprint density at radius 3 is 2.94 bits per heavy atom. The molecule has 2 saturated heterocycles. The van der Waals surface area contributed by atoms with Crippen LogP contribution < -0.4 is 0 Å². The predicted molar refractivity (Wildman–Crippen MR) is 68.3 cm³/mol. The SMILES string of the molecule is CN1C[C@@H]2[C@H](CCOCC(=O)N(C)C)CO[C@@H]2C1. The summed E-state index contributed by atoms with van der Waals surface area (Å²) in [6, 6.07) is 0. The van der Waals surface area contributed by atoms with Crippen LogP contribution in [0.1, 0.15) is 6.42 Å². The Morgan fingerprint density at radius 2 is 2.22 bits per heavy atom. The third kappa shape index (κ3) is 3.22. The van der Waals surface area contributed by atoms with Crippen molar-refractivity contribution in [1.29, 1.82) is 0 Å². The monoisotopic (exact) mass is 256 g/mol. The van der Waals surface area contributed by atoms with Gasteiger partial charge >= 0.3 is 0 Å². The molecule has 0 aromatic rings. The summed E-state index contributed by atoms with van der Waals surface area (Å²) in [5.74, 6) is 1.27. The van der Waals surface area contributed by atoms with E-state index in [-0.39, 0.29) is 12.5 Å². The van der Waals surface area contributed by atoms with Crippen molar-refractivity contribution in [2.24, 2.45) is 11.8 Å². The number of nitrogens with zero attached hydrogens (tertiary/aromatic N) is 2. The number of carbonyl (C=O) groups is 1. The summed E-state index contributed by atoms with van der Waals surface area (Å²) in [7, 11) is 5.63. The van der Waals surface area contributed by atoms with Crippen LogP contribution in [0, 0.1) is 11.8 Å². The topological polar surface area (TPSA) is 42.0 Å². The first-order chi connectivity index (χ1) is 8.58. The maximum atomic E-state index is 11.3. The standard InChI is InChI=1S/C13H24N2O3/c1-14(2)13(16)9-17-5-4-10-8-18-12-7-15(3)6-11(10)12/h10-12H,4-9H2,1-3H3/t10-,11-,12-/m1/s1. The minimum Gasteiger partial charge on any atom is -0.376 e. The van der Waals surface area contributed by atoms with E-state index in [0.717, 1.165) is 26.1 Å². The Hall–Kier alpha value is -0.650. The molecule has 2 aliphatic rings. The average molecular weight is 256 g/mol. The number of hydrogen-bond acceptors (Lipinski definition) is 4. The maximum absolute atomic E-state index is 11.3. The van der Waals surface area contributed by atoms with Gasteiger partial charge in [-0.1, -0.05) is 0 Å². The molecule has 3 atom stereocenters. The molecule has 0 bridgehead atoms. The molecule has 104 valence electrons. The lowest BCUT2D eigenvalue weighted by molar-refractivity contribution is -0.133. The van der Waals surface area contributed by atoms with E-state index < -0.39 is 0 Å². The van der Waals surface area contributed by atoms with Crippen LogP contribution in [0.2, 0.25) is 0 Å². The van der Waals surface area contributed by atoms with Crippen molar-refractivity contribution in [3.8, 4) is 0 Å². The summed E-state index contributed by atoms with van der Waals surface area (Å²) in [4.78, 5) is 15.2. The van der Waals surface area contributed by atoms with Gasteiger partial charge in [-0.15, -0.1) is 0 Å². The average Bonchev–Trinajstić information content (AvgIpc) is 2.84. The molecule has 5 heteroatoms. The molecule has 5 nitrogen and oxygen atoms in total. The molecule has 2 rings (SSSR count). The van der Waals surface area contributed by atoms with Crippen molar-refractivity contribution in [3.05, 3.63) is 0 Å². The van der Waals surface area contributed by atoms with E-state index in [2.05, 4.69) is 11.9 Å². The zero-order valence-electron chi connectivity index (χ0n) is 11.6. The van der Waals surface area contributed by atoms with Gasteiger partial charge in [-0.25, -0.2) is 0 Å². The highest BCUT2D eigenvalue weighted by Gasteiger charge is 2.42. The molecule has 0 aromatic carbocycles. The van der Waals surface area contributed by atoms with Gasteiger partial charge < -0.3 is 19.3 Å². The molecule has 0 saturated carbocycles. The minimum absolute atomic E-state index is 0.0242. The predicted octanol–water partition coefficient (Wildman–Crippen LogP) is 0.0579. The number of fused-ring (bicyclic) bond motifs is 1. The van der Waals surface area contributed by atoms with Gasteiger partial charge in [0.25, 0.3) is 0 Å². The molecule has 2 fully saturated rings. The molecule has 0 unspecified atom stereocenters. The Bertz CT molecular complexity index is 296. The highest BCUT2D eigenvalue weighted by Crippen LogP contribution is 2.34. The van der Waals surface area contributed by atoms with E-state index in [0.29, 0.717) is 24.5 Å². The minimum atomic E-state index is 0.0242. The molecule has 1 amide bonds. The first-order valence-corrected chi connectivity index (χ1v) is 6.66. The molecular formula is C13H24N2O3. The fourth-order valence-corrected chi connectivity index (χ4v) is 2.81. The second-order valence-electron chi connectivity index (χ2n) is 5.65. The van der Waals surface area contributed by atoms with Crippen LogP contribution >= 0.6 is 0 Å². The smallest absolute Gasteiger partial charge is 0.248 e. The molecular weight excluding hydrogens is 232 g/mol. The molecule has 0 N–H and O–H groups in total. The molecule has 0 aliphatic carbocycles. The van der Waals surface area contributed by atoms with Gasteiger partial charge in [0.1, 0.15) is 6.61 Å². The van der Waals surface area contributed by atoms with E-state index in [1.807, 2.05) is 0 Å². The maximum Gasteiger partial charge on any atom is 0.248 e. The van der Waals surface area contributed by atoms with Crippen LogP contribution in [0.4, 0.5) is 0 Å². The number of carbonyl (C=O) groups excluding carboxylic acids is 1. The molecule has 2 aliphatic heterocycles. The fourth-order valence-electron chi connectivity index (χ4n) is 2.81. The molecule has 2 heterocycles. The van der Waals surface area contributed by atoms with Crippen molar-refractivity contribution < 1.29 is 14.3 Å². The zero-order chi connectivity index (χ0) is 13.1. The van der Waals surface area contributed by atoms with Crippen LogP contribution in [0.5, 0.6) is 0 Å². The lowest BCUT2D eigenvalue weighted by atomic mass is 9.91. The lowest BCUT2D eigenvalue weighted by Gasteiger charge is -2.17. The second kappa shape index (κ2) is 5.99. The Kier molecular flexibility index (Phi) is 4.59. The number of rotatable bonds is 5. The molecule has 0 radical (unpaired) electrons. The number of likely N-dealkylation sites (N-methyl/N-ethyl adjacent to an activating group) is 2. The quantitative estimate of drug-likeness (QED) is 0.652. The van der Waals surface area contributed by atoms with Crippen LogP contribution in [0.25, 0.3) is 0 Å². The highest BCUT2D eigenvalue weighted by atomic mass is 16.5. The fraction of sp³-hybridized carbons (Fsp3) is 0.923. The van der Waals surface area contributed by atoms with Gasteiger partial charge in [-0.3, -0.25) is 4.79 Å². The van der Waals surface area contributed by atoms with E-state index >= 15 is 0 Å². The van der Waals surface area contributed by atoms with E-state index in [9.17, 15) is 4.79 Å². The Balaban J connectivity index is 1.64.